The maximum absolute atomic E-state index is 14.8. The Hall–Kier alpha value is -6.13. The van der Waals surface area contributed by atoms with Crippen LogP contribution < -0.4 is 9.47 Å². The van der Waals surface area contributed by atoms with Gasteiger partial charge in [-0.1, -0.05) is 85.6 Å². The Morgan fingerprint density at radius 3 is 2.41 bits per heavy atom. The van der Waals surface area contributed by atoms with Crippen LogP contribution in [-0.4, -0.2) is 83.2 Å². The van der Waals surface area contributed by atoms with E-state index in [2.05, 4.69) is 12.7 Å². The molecule has 0 bridgehead atoms. The summed E-state index contributed by atoms with van der Waals surface area (Å²) in [6, 6.07) is 27.1. The van der Waals surface area contributed by atoms with Crippen molar-refractivity contribution in [2.75, 3.05) is 39.6 Å². The van der Waals surface area contributed by atoms with Crippen LogP contribution in [0.1, 0.15) is 86.5 Å². The molecule has 1 amide bonds. The molecular weight excluding hydrogens is 886 g/mol. The highest BCUT2D eigenvalue weighted by Gasteiger charge is 2.65. The van der Waals surface area contributed by atoms with E-state index >= 15 is 0 Å². The molecule has 14 nitrogen and oxygen atoms in total. The average molecular weight is 950 g/mol. The number of nitro groups is 1. The molecule has 1 fully saturated rings. The molecule has 2 aliphatic carbocycles. The van der Waals surface area contributed by atoms with Gasteiger partial charge in [0, 0.05) is 55.4 Å². The summed E-state index contributed by atoms with van der Waals surface area (Å²) in [5.74, 6) is -1.83. The van der Waals surface area contributed by atoms with E-state index in [1.54, 1.807) is 47.4 Å². The van der Waals surface area contributed by atoms with Crippen LogP contribution in [0, 0.1) is 33.7 Å². The molecule has 1 saturated carbocycles. The highest BCUT2D eigenvalue weighted by atomic mass is 19.1. The molecule has 0 saturated heterocycles. The van der Waals surface area contributed by atoms with Gasteiger partial charge in [0.15, 0.2) is 0 Å². The molecule has 0 unspecified atom stereocenters. The normalized spacial score (nSPS) is 21.8. The van der Waals surface area contributed by atoms with Crippen molar-refractivity contribution in [2.45, 2.75) is 95.9 Å². The van der Waals surface area contributed by atoms with Crippen LogP contribution in [0.5, 0.6) is 11.5 Å². The topological polar surface area (TPSA) is 172 Å². The van der Waals surface area contributed by atoms with Crippen LogP contribution in [0.4, 0.5) is 14.9 Å². The first-order valence-corrected chi connectivity index (χ1v) is 24.1. The Kier molecular flexibility index (Phi) is 18.3. The third-order valence-corrected chi connectivity index (χ3v) is 13.2. The fourth-order valence-electron chi connectivity index (χ4n) is 10.1. The van der Waals surface area contributed by atoms with E-state index in [1.807, 2.05) is 49.4 Å². The van der Waals surface area contributed by atoms with Gasteiger partial charge < -0.3 is 38.7 Å². The summed E-state index contributed by atoms with van der Waals surface area (Å²) in [6.45, 7) is 6.98. The minimum atomic E-state index is -1.52. The molecule has 6 atom stereocenters. The summed E-state index contributed by atoms with van der Waals surface area (Å²) < 4.78 is 47.4. The maximum Gasteiger partial charge on any atom is 0.410 e. The summed E-state index contributed by atoms with van der Waals surface area (Å²) in [6.07, 6.45) is 8.21. The molecule has 3 aliphatic rings. The van der Waals surface area contributed by atoms with E-state index in [9.17, 15) is 29.5 Å². The van der Waals surface area contributed by atoms with Gasteiger partial charge in [-0.25, -0.2) is 9.18 Å². The van der Waals surface area contributed by atoms with Gasteiger partial charge in [-0.2, -0.15) is 0 Å². The van der Waals surface area contributed by atoms with Crippen molar-refractivity contribution in [1.29, 1.82) is 0 Å². The fraction of sp³-hybridized carbons (Fsp3) is 0.444. The van der Waals surface area contributed by atoms with Gasteiger partial charge >= 0.3 is 6.09 Å². The SMILES string of the molecule is C=CCO[C@@]12Oc3ccc(OCc4ccccc4F)cc3[C@H]3[C@H](CCCCO)[C@@H](CCCCO)C=C(C(=NOCc4ccc([N+](=O)[O-])cc4)C[C@@H]1N(CCC)C(=O)OCCOCc1ccccc1)[C@H]32. The van der Waals surface area contributed by atoms with Gasteiger partial charge in [-0.3, -0.25) is 15.0 Å². The number of benzene rings is 4. The van der Waals surface area contributed by atoms with Gasteiger partial charge in [0.2, 0.25) is 5.79 Å². The third kappa shape index (κ3) is 12.4. The number of aliphatic hydroxyl groups excluding tert-OH is 2. The number of amides is 1. The number of unbranched alkanes of at least 4 members (excludes halogenated alkanes) is 2. The number of allylic oxidation sites excluding steroid dienone is 1. The molecule has 4 aromatic rings. The highest BCUT2D eigenvalue weighted by Crippen LogP contribution is 2.62. The van der Waals surface area contributed by atoms with Crippen LogP contribution >= 0.6 is 0 Å². The number of ether oxygens (including phenoxy) is 5. The zero-order valence-electron chi connectivity index (χ0n) is 39.3. The van der Waals surface area contributed by atoms with E-state index < -0.39 is 28.8 Å². The molecule has 0 radical (unpaired) electrons. The molecule has 2 N–H and O–H groups in total. The van der Waals surface area contributed by atoms with Crippen molar-refractivity contribution in [2.24, 2.45) is 22.9 Å². The number of nitrogens with zero attached hydrogens (tertiary/aromatic N) is 3. The number of fused-ring (bicyclic) bond motifs is 2. The number of aliphatic hydroxyl groups is 2. The lowest BCUT2D eigenvalue weighted by atomic mass is 9.55. The molecule has 15 heteroatoms. The highest BCUT2D eigenvalue weighted by molar-refractivity contribution is 6.03. The molecule has 0 aromatic heterocycles. The summed E-state index contributed by atoms with van der Waals surface area (Å²) in [7, 11) is 0. The number of rotatable bonds is 26. The van der Waals surface area contributed by atoms with Crippen LogP contribution in [0.25, 0.3) is 0 Å². The lowest BCUT2D eigenvalue weighted by Crippen LogP contribution is -2.70. The van der Waals surface area contributed by atoms with Crippen LogP contribution in [-0.2, 0) is 38.9 Å². The lowest BCUT2D eigenvalue weighted by molar-refractivity contribution is -0.384. The summed E-state index contributed by atoms with van der Waals surface area (Å²) in [4.78, 5) is 33.4. The molecule has 1 aliphatic heterocycles. The van der Waals surface area contributed by atoms with Gasteiger partial charge in [0.05, 0.1) is 36.4 Å². The number of oxime groups is 1. The summed E-state index contributed by atoms with van der Waals surface area (Å²) in [5.41, 5.74) is 4.30. The van der Waals surface area contributed by atoms with Gasteiger partial charge in [0.1, 0.15) is 43.2 Å². The number of nitro benzene ring substituents is 1. The Bertz CT molecular complexity index is 2380. The second kappa shape index (κ2) is 24.9. The molecule has 69 heavy (non-hydrogen) atoms. The predicted molar refractivity (Wildman–Crippen MR) is 258 cm³/mol. The van der Waals surface area contributed by atoms with Crippen molar-refractivity contribution in [3.05, 3.63) is 160 Å². The minimum absolute atomic E-state index is 0.00196. The number of non-ortho nitro benzene ring substituents is 1. The standard InChI is InChI=1S/C54H64FN3O11/c1-3-26-57(53(61)65-31-30-64-35-38-14-6-5-7-15-38)50-34-48(56-68-36-39-20-22-42(23-21-39)58(62)63)45-32-40(16-10-12-27-59)44(18-11-13-28-60)51-46-33-43(66-37-41-17-8-9-19-47(41)55)24-25-49(46)69-54(50,52(45)51)67-29-4-2/h4-9,14-15,17,19-25,32-33,40,44,50-52,59-60H,2-3,10-13,16,18,26-31,34-37H2,1H3/t40-,44+,50-,51+,52+,54+/m0/s1. The van der Waals surface area contributed by atoms with Gasteiger partial charge in [-0.05, 0) is 97.0 Å². The van der Waals surface area contributed by atoms with E-state index in [-0.39, 0.29) is 88.5 Å². The smallest absolute Gasteiger partial charge is 0.410 e. The molecule has 368 valence electrons. The summed E-state index contributed by atoms with van der Waals surface area (Å²) >= 11 is 0. The number of hydrogen-bond donors (Lipinski definition) is 2. The Labute approximate surface area is 403 Å². The Morgan fingerprint density at radius 1 is 0.942 bits per heavy atom. The molecule has 4 aromatic carbocycles. The molecule has 0 spiro atoms. The van der Waals surface area contributed by atoms with Crippen molar-refractivity contribution >= 4 is 17.5 Å². The second-order valence-corrected chi connectivity index (χ2v) is 17.7. The number of carbonyl (C=O) groups excluding carboxylic acids is 1. The molecular formula is C54H64FN3O11. The Morgan fingerprint density at radius 2 is 1.68 bits per heavy atom. The second-order valence-electron chi connectivity index (χ2n) is 17.7. The lowest BCUT2D eigenvalue weighted by Gasteiger charge is -2.59. The fourth-order valence-corrected chi connectivity index (χ4v) is 10.1. The van der Waals surface area contributed by atoms with Crippen LogP contribution in [0.3, 0.4) is 0 Å². The van der Waals surface area contributed by atoms with Gasteiger partial charge in [0.25, 0.3) is 5.69 Å². The number of hydrogen-bond acceptors (Lipinski definition) is 12. The zero-order valence-corrected chi connectivity index (χ0v) is 39.3. The number of carbonyl (C=O) groups is 1. The maximum atomic E-state index is 14.8. The first kappa shape index (κ1) is 50.7. The summed E-state index contributed by atoms with van der Waals surface area (Å²) in [5, 5.41) is 36.2. The first-order chi connectivity index (χ1) is 33.7. The average Bonchev–Trinajstić information content (AvgIpc) is 3.36. The molecule has 7 rings (SSSR count). The quantitative estimate of drug-likeness (QED) is 0.0266. The van der Waals surface area contributed by atoms with Crippen molar-refractivity contribution in [3.63, 3.8) is 0 Å². The largest absolute Gasteiger partial charge is 0.489 e. The zero-order chi connectivity index (χ0) is 48.6. The molecule has 1 heterocycles. The van der Waals surface area contributed by atoms with Crippen LogP contribution in [0.2, 0.25) is 0 Å². The van der Waals surface area contributed by atoms with E-state index in [0.717, 1.165) is 42.4 Å². The third-order valence-electron chi connectivity index (χ3n) is 13.2. The van der Waals surface area contributed by atoms with Crippen molar-refractivity contribution in [3.8, 4) is 11.5 Å². The predicted octanol–water partition coefficient (Wildman–Crippen LogP) is 10.2. The number of halogens is 1. The Balaban J connectivity index is 1.34. The van der Waals surface area contributed by atoms with Gasteiger partial charge in [-0.15, -0.1) is 6.58 Å². The van der Waals surface area contributed by atoms with Crippen molar-refractivity contribution in [1.82, 2.24) is 4.90 Å². The van der Waals surface area contributed by atoms with E-state index in [1.165, 1.54) is 18.2 Å². The van der Waals surface area contributed by atoms with Crippen molar-refractivity contribution < 1.29 is 52.8 Å². The monoisotopic (exact) mass is 949 g/mol. The minimum Gasteiger partial charge on any atom is -0.489 e. The first-order valence-electron chi connectivity index (χ1n) is 24.1. The van der Waals surface area contributed by atoms with Crippen LogP contribution in [0.15, 0.2) is 127 Å². The van der Waals surface area contributed by atoms with E-state index in [0.29, 0.717) is 54.2 Å². The van der Waals surface area contributed by atoms with E-state index in [4.69, 9.17) is 33.7 Å².